The van der Waals surface area contributed by atoms with Gasteiger partial charge < -0.3 is 15.0 Å². The van der Waals surface area contributed by atoms with Crippen molar-refractivity contribution >= 4 is 33.2 Å². The van der Waals surface area contributed by atoms with E-state index in [0.29, 0.717) is 30.7 Å². The number of hydrogen-bond acceptors (Lipinski definition) is 5. The fraction of sp³-hybridized carbons (Fsp3) is 0.417. The van der Waals surface area contributed by atoms with E-state index in [4.69, 9.17) is 4.74 Å². The van der Waals surface area contributed by atoms with E-state index < -0.39 is 10.0 Å². The number of piperidine rings is 1. The summed E-state index contributed by atoms with van der Waals surface area (Å²) in [5, 5.41) is 2.90. The number of nitrogens with zero attached hydrogens (tertiary/aromatic N) is 2. The third-order valence-corrected chi connectivity index (χ3v) is 8.30. The number of benzene rings is 2. The lowest BCUT2D eigenvalue weighted by Gasteiger charge is -2.30. The maximum absolute atomic E-state index is 13.3. The number of carbonyl (C=O) groups is 2. The van der Waals surface area contributed by atoms with Gasteiger partial charge in [0, 0.05) is 49.4 Å². The Morgan fingerprint density at radius 1 is 1.09 bits per heavy atom. The number of carbonyl (C=O) groups excluding carboxylic acids is 2. The van der Waals surface area contributed by atoms with Crippen LogP contribution in [-0.2, 0) is 26.0 Å². The van der Waals surface area contributed by atoms with Gasteiger partial charge in [-0.2, -0.15) is 4.31 Å². The lowest BCUT2D eigenvalue weighted by atomic mass is 9.97. The van der Waals surface area contributed by atoms with Crippen molar-refractivity contribution in [3.8, 4) is 5.75 Å². The topological polar surface area (TPSA) is 96.0 Å². The molecule has 0 bridgehead atoms. The third-order valence-electron chi connectivity index (χ3n) is 6.41. The summed E-state index contributed by atoms with van der Waals surface area (Å²) in [6, 6.07) is 12.1. The summed E-state index contributed by atoms with van der Waals surface area (Å²) in [6.45, 7) is 4.04. The van der Waals surface area contributed by atoms with Crippen LogP contribution in [0.3, 0.4) is 0 Å². The van der Waals surface area contributed by atoms with Crippen molar-refractivity contribution in [2.24, 2.45) is 5.92 Å². The summed E-state index contributed by atoms with van der Waals surface area (Å²) in [7, 11) is -2.11. The molecule has 0 radical (unpaired) electrons. The summed E-state index contributed by atoms with van der Waals surface area (Å²) < 4.78 is 33.1. The first-order valence-corrected chi connectivity index (χ1v) is 12.5. The van der Waals surface area contributed by atoms with E-state index >= 15 is 0 Å². The number of amides is 2. The zero-order chi connectivity index (χ0) is 23.8. The van der Waals surface area contributed by atoms with E-state index in [1.807, 2.05) is 6.92 Å². The molecule has 176 valence electrons. The van der Waals surface area contributed by atoms with Crippen LogP contribution in [0.4, 0.5) is 11.4 Å². The number of hydrogen-bond donors (Lipinski definition) is 1. The minimum absolute atomic E-state index is 0.00861. The van der Waals surface area contributed by atoms with Gasteiger partial charge in [-0.15, -0.1) is 0 Å². The summed E-state index contributed by atoms with van der Waals surface area (Å²) in [4.78, 5) is 26.6. The Bertz CT molecular complexity index is 1170. The van der Waals surface area contributed by atoms with Crippen LogP contribution < -0.4 is 15.0 Å². The number of anilines is 2. The summed E-state index contributed by atoms with van der Waals surface area (Å²) in [5.74, 6) is 0.235. The highest BCUT2D eigenvalue weighted by Gasteiger charge is 2.34. The molecule has 0 spiro atoms. The Kier molecular flexibility index (Phi) is 6.45. The van der Waals surface area contributed by atoms with Crippen molar-refractivity contribution in [2.45, 2.75) is 44.0 Å². The van der Waals surface area contributed by atoms with Crippen molar-refractivity contribution in [2.75, 3.05) is 30.4 Å². The molecule has 1 saturated heterocycles. The SMILES string of the molecule is COc1cccc(NC(=O)C2CCN(S(=O)(=O)c3ccc4c(c3)C[C@H](C)N4C(C)=O)CC2)c1. The van der Waals surface area contributed by atoms with Crippen LogP contribution in [-0.4, -0.2) is 50.8 Å². The van der Waals surface area contributed by atoms with Crippen molar-refractivity contribution in [3.63, 3.8) is 0 Å². The molecule has 2 aromatic rings. The smallest absolute Gasteiger partial charge is 0.243 e. The average molecular weight is 472 g/mol. The van der Waals surface area contributed by atoms with Crippen LogP contribution in [0, 0.1) is 5.92 Å². The predicted molar refractivity (Wildman–Crippen MR) is 126 cm³/mol. The molecule has 2 heterocycles. The van der Waals surface area contributed by atoms with E-state index in [1.165, 1.54) is 11.2 Å². The molecule has 2 aliphatic rings. The van der Waals surface area contributed by atoms with Crippen LogP contribution >= 0.6 is 0 Å². The van der Waals surface area contributed by atoms with Crippen LogP contribution in [0.1, 0.15) is 32.3 Å². The highest BCUT2D eigenvalue weighted by molar-refractivity contribution is 7.89. The van der Waals surface area contributed by atoms with Gasteiger partial charge in [0.05, 0.1) is 12.0 Å². The molecule has 8 nitrogen and oxygen atoms in total. The molecule has 2 amide bonds. The zero-order valence-electron chi connectivity index (χ0n) is 19.1. The Morgan fingerprint density at radius 2 is 1.82 bits per heavy atom. The molecule has 9 heteroatoms. The van der Waals surface area contributed by atoms with Gasteiger partial charge >= 0.3 is 0 Å². The van der Waals surface area contributed by atoms with Crippen LogP contribution in [0.5, 0.6) is 5.75 Å². The highest BCUT2D eigenvalue weighted by atomic mass is 32.2. The van der Waals surface area contributed by atoms with Crippen molar-refractivity contribution in [1.82, 2.24) is 4.31 Å². The average Bonchev–Trinajstić information content (AvgIpc) is 3.14. The fourth-order valence-corrected chi connectivity index (χ4v) is 6.22. The van der Waals surface area contributed by atoms with E-state index in [9.17, 15) is 18.0 Å². The minimum atomic E-state index is -3.67. The second-order valence-corrected chi connectivity index (χ2v) is 10.6. The molecule has 33 heavy (non-hydrogen) atoms. The first-order chi connectivity index (χ1) is 15.7. The standard InChI is InChI=1S/C24H29N3O5S/c1-16-13-19-14-22(7-8-23(19)27(16)17(2)28)33(30,31)26-11-9-18(10-12-26)24(29)25-20-5-4-6-21(15-20)32-3/h4-8,14-16,18H,9-13H2,1-3H3,(H,25,29)/t16-/m0/s1. The normalized spacial score (nSPS) is 19.2. The lowest BCUT2D eigenvalue weighted by Crippen LogP contribution is -2.41. The number of methoxy groups -OCH3 is 1. The Labute approximate surface area is 194 Å². The third kappa shape index (κ3) is 4.60. The Balaban J connectivity index is 1.42. The first kappa shape index (κ1) is 23.3. The number of sulfonamides is 1. The molecule has 2 aromatic carbocycles. The van der Waals surface area contributed by atoms with Crippen molar-refractivity contribution in [3.05, 3.63) is 48.0 Å². The van der Waals surface area contributed by atoms with Crippen LogP contribution in [0.25, 0.3) is 0 Å². The molecule has 1 N–H and O–H groups in total. The molecule has 0 saturated carbocycles. The van der Waals surface area contributed by atoms with Crippen molar-refractivity contribution < 1.29 is 22.7 Å². The van der Waals surface area contributed by atoms with Crippen LogP contribution in [0.15, 0.2) is 47.4 Å². The Morgan fingerprint density at radius 3 is 2.48 bits per heavy atom. The van der Waals surface area contributed by atoms with Crippen LogP contribution in [0.2, 0.25) is 0 Å². The number of rotatable bonds is 5. The minimum Gasteiger partial charge on any atom is -0.497 e. The second kappa shape index (κ2) is 9.15. The van der Waals surface area contributed by atoms with Gasteiger partial charge in [0.2, 0.25) is 21.8 Å². The summed E-state index contributed by atoms with van der Waals surface area (Å²) >= 11 is 0. The van der Waals surface area contributed by atoms with E-state index in [-0.39, 0.29) is 41.8 Å². The van der Waals surface area contributed by atoms with Gasteiger partial charge in [0.25, 0.3) is 0 Å². The zero-order valence-corrected chi connectivity index (χ0v) is 19.9. The largest absolute Gasteiger partial charge is 0.497 e. The van der Waals surface area contributed by atoms with Gasteiger partial charge in [-0.25, -0.2) is 8.42 Å². The summed E-state index contributed by atoms with van der Waals surface area (Å²) in [5.41, 5.74) is 2.30. The van der Waals surface area contributed by atoms with E-state index in [0.717, 1.165) is 11.3 Å². The quantitative estimate of drug-likeness (QED) is 0.723. The van der Waals surface area contributed by atoms with Gasteiger partial charge in [-0.3, -0.25) is 9.59 Å². The first-order valence-electron chi connectivity index (χ1n) is 11.1. The molecule has 1 fully saturated rings. The fourth-order valence-electron chi connectivity index (χ4n) is 4.70. The number of ether oxygens (including phenoxy) is 1. The van der Waals surface area contributed by atoms with E-state index in [1.54, 1.807) is 54.5 Å². The molecule has 0 aliphatic carbocycles. The number of fused-ring (bicyclic) bond motifs is 1. The molecule has 0 unspecified atom stereocenters. The van der Waals surface area contributed by atoms with Gasteiger partial charge in [-0.05, 0) is 62.1 Å². The monoisotopic (exact) mass is 471 g/mol. The Hall–Kier alpha value is -2.91. The molecular formula is C24H29N3O5S. The summed E-state index contributed by atoms with van der Waals surface area (Å²) in [6.07, 6.45) is 1.54. The van der Waals surface area contributed by atoms with Gasteiger partial charge in [0.15, 0.2) is 0 Å². The van der Waals surface area contributed by atoms with E-state index in [2.05, 4.69) is 5.32 Å². The second-order valence-electron chi connectivity index (χ2n) is 8.63. The maximum atomic E-state index is 13.3. The molecule has 1 atom stereocenters. The number of nitrogens with one attached hydrogen (secondary N) is 1. The van der Waals surface area contributed by atoms with Gasteiger partial charge in [-0.1, -0.05) is 6.07 Å². The van der Waals surface area contributed by atoms with Gasteiger partial charge in [0.1, 0.15) is 5.75 Å². The lowest BCUT2D eigenvalue weighted by molar-refractivity contribution is -0.121. The molecule has 0 aromatic heterocycles. The molecule has 4 rings (SSSR count). The molecule has 2 aliphatic heterocycles. The maximum Gasteiger partial charge on any atom is 0.243 e. The molecular weight excluding hydrogens is 442 g/mol. The highest BCUT2D eigenvalue weighted by Crippen LogP contribution is 2.35. The van der Waals surface area contributed by atoms with Crippen molar-refractivity contribution in [1.29, 1.82) is 0 Å². The predicted octanol–water partition coefficient (Wildman–Crippen LogP) is 3.03.